The molecule has 0 saturated carbocycles. The van der Waals surface area contributed by atoms with Gasteiger partial charge in [-0.1, -0.05) is 48.5 Å². The number of hydrogen-bond donors (Lipinski definition) is 0. The molecule has 1 amide bonds. The molecule has 0 fully saturated rings. The molecule has 0 N–H and O–H groups in total. The zero-order valence-corrected chi connectivity index (χ0v) is 12.4. The molecule has 0 spiro atoms. The molecule has 0 atom stereocenters. The normalized spacial score (nSPS) is 15.0. The first kappa shape index (κ1) is 13.5. The molecule has 0 unspecified atom stereocenters. The number of aromatic nitrogens is 1. The molecule has 1 aliphatic heterocycles. The van der Waals surface area contributed by atoms with E-state index in [4.69, 9.17) is 0 Å². The Balaban J connectivity index is 1.87. The van der Waals surface area contributed by atoms with Crippen LogP contribution in [0.2, 0.25) is 0 Å². The van der Waals surface area contributed by atoms with Crippen molar-refractivity contribution in [1.82, 2.24) is 4.98 Å². The minimum atomic E-state index is -0.0250. The van der Waals surface area contributed by atoms with Crippen LogP contribution in [0.15, 0.2) is 79.1 Å². The topological polar surface area (TPSA) is 33.2 Å². The molecule has 0 saturated heterocycles. The summed E-state index contributed by atoms with van der Waals surface area (Å²) >= 11 is 0. The number of amides is 1. The highest BCUT2D eigenvalue weighted by molar-refractivity contribution is 6.37. The lowest BCUT2D eigenvalue weighted by Crippen LogP contribution is -2.20. The molecule has 0 aliphatic carbocycles. The molecule has 23 heavy (non-hydrogen) atoms. The number of fused-ring (bicyclic) bond motifs is 1. The molecule has 1 aromatic heterocycles. The van der Waals surface area contributed by atoms with Gasteiger partial charge in [-0.25, -0.2) is 0 Å². The van der Waals surface area contributed by atoms with Crippen molar-refractivity contribution >= 4 is 28.9 Å². The Kier molecular flexibility index (Phi) is 3.24. The van der Waals surface area contributed by atoms with Crippen LogP contribution in [-0.4, -0.2) is 10.9 Å². The SMILES string of the molecule is O=C1C(=Cc2ccccc2)c2ccccc2N1c1cccnc1. The number of anilines is 2. The molecule has 0 bridgehead atoms. The van der Waals surface area contributed by atoms with E-state index in [2.05, 4.69) is 4.98 Å². The lowest BCUT2D eigenvalue weighted by molar-refractivity contribution is -0.112. The van der Waals surface area contributed by atoms with E-state index in [1.54, 1.807) is 17.3 Å². The fraction of sp³-hybridized carbons (Fsp3) is 0. The van der Waals surface area contributed by atoms with E-state index >= 15 is 0 Å². The maximum atomic E-state index is 13.0. The van der Waals surface area contributed by atoms with Crippen molar-refractivity contribution in [2.75, 3.05) is 4.90 Å². The van der Waals surface area contributed by atoms with Gasteiger partial charge >= 0.3 is 0 Å². The summed E-state index contributed by atoms with van der Waals surface area (Å²) in [6.45, 7) is 0. The molecule has 3 nitrogen and oxygen atoms in total. The second-order valence-corrected chi connectivity index (χ2v) is 5.34. The molecule has 3 heteroatoms. The minimum absolute atomic E-state index is 0.0250. The Morgan fingerprint density at radius 3 is 2.43 bits per heavy atom. The van der Waals surface area contributed by atoms with E-state index in [0.29, 0.717) is 5.57 Å². The van der Waals surface area contributed by atoms with Crippen molar-refractivity contribution < 1.29 is 4.79 Å². The van der Waals surface area contributed by atoms with Gasteiger partial charge in [-0.15, -0.1) is 0 Å². The van der Waals surface area contributed by atoms with Crippen LogP contribution in [0, 0.1) is 0 Å². The number of rotatable bonds is 2. The molecule has 2 heterocycles. The van der Waals surface area contributed by atoms with Crippen LogP contribution in [0.5, 0.6) is 0 Å². The van der Waals surface area contributed by atoms with Crippen LogP contribution in [0.1, 0.15) is 11.1 Å². The van der Waals surface area contributed by atoms with Crippen LogP contribution in [-0.2, 0) is 4.79 Å². The monoisotopic (exact) mass is 298 g/mol. The molecule has 110 valence electrons. The summed E-state index contributed by atoms with van der Waals surface area (Å²) in [4.78, 5) is 18.8. The van der Waals surface area contributed by atoms with Crippen LogP contribution in [0.4, 0.5) is 11.4 Å². The summed E-state index contributed by atoms with van der Waals surface area (Å²) in [5.41, 5.74) is 4.34. The largest absolute Gasteiger partial charge is 0.275 e. The highest BCUT2D eigenvalue weighted by Gasteiger charge is 2.33. The number of pyridine rings is 1. The van der Waals surface area contributed by atoms with E-state index in [1.807, 2.05) is 72.8 Å². The summed E-state index contributed by atoms with van der Waals surface area (Å²) < 4.78 is 0. The molecular formula is C20H14N2O. The zero-order valence-electron chi connectivity index (χ0n) is 12.4. The number of carbonyl (C=O) groups is 1. The second-order valence-electron chi connectivity index (χ2n) is 5.34. The van der Waals surface area contributed by atoms with E-state index in [9.17, 15) is 4.79 Å². The predicted molar refractivity (Wildman–Crippen MR) is 92.1 cm³/mol. The van der Waals surface area contributed by atoms with Gasteiger partial charge < -0.3 is 0 Å². The molecular weight excluding hydrogens is 284 g/mol. The van der Waals surface area contributed by atoms with Gasteiger partial charge in [-0.2, -0.15) is 0 Å². The summed E-state index contributed by atoms with van der Waals surface area (Å²) in [5.74, 6) is -0.0250. The van der Waals surface area contributed by atoms with Gasteiger partial charge in [0.1, 0.15) is 0 Å². The lowest BCUT2D eigenvalue weighted by atomic mass is 10.0. The highest BCUT2D eigenvalue weighted by atomic mass is 16.2. The molecule has 4 rings (SSSR count). The smallest absolute Gasteiger partial charge is 0.263 e. The Morgan fingerprint density at radius 2 is 1.65 bits per heavy atom. The fourth-order valence-electron chi connectivity index (χ4n) is 2.84. The van der Waals surface area contributed by atoms with Crippen LogP contribution in [0.25, 0.3) is 11.6 Å². The summed E-state index contributed by atoms with van der Waals surface area (Å²) in [6.07, 6.45) is 5.36. The van der Waals surface area contributed by atoms with E-state index in [-0.39, 0.29) is 5.91 Å². The first-order chi connectivity index (χ1) is 11.3. The zero-order chi connectivity index (χ0) is 15.6. The van der Waals surface area contributed by atoms with Crippen molar-refractivity contribution in [3.05, 3.63) is 90.3 Å². The van der Waals surface area contributed by atoms with Gasteiger partial charge in [-0.3, -0.25) is 14.7 Å². The Labute approximate surface area is 134 Å². The highest BCUT2D eigenvalue weighted by Crippen LogP contribution is 2.41. The Bertz CT molecular complexity index is 886. The van der Waals surface area contributed by atoms with Gasteiger partial charge in [0.25, 0.3) is 5.91 Å². The summed E-state index contributed by atoms with van der Waals surface area (Å²) in [5, 5.41) is 0. The minimum Gasteiger partial charge on any atom is -0.275 e. The first-order valence-corrected chi connectivity index (χ1v) is 7.45. The van der Waals surface area contributed by atoms with Crippen molar-refractivity contribution in [3.63, 3.8) is 0 Å². The number of para-hydroxylation sites is 1. The standard InChI is InChI=1S/C20H14N2O/c23-20-18(13-15-7-2-1-3-8-15)17-10-4-5-11-19(17)22(20)16-9-6-12-21-14-16/h1-14H. The van der Waals surface area contributed by atoms with Crippen molar-refractivity contribution in [1.29, 1.82) is 0 Å². The molecule has 3 aromatic rings. The van der Waals surface area contributed by atoms with E-state index in [1.165, 1.54) is 0 Å². The number of hydrogen-bond acceptors (Lipinski definition) is 2. The Hall–Kier alpha value is -3.20. The maximum absolute atomic E-state index is 13.0. The van der Waals surface area contributed by atoms with E-state index < -0.39 is 0 Å². The third kappa shape index (κ3) is 2.32. The third-order valence-corrected chi connectivity index (χ3v) is 3.88. The molecule has 2 aromatic carbocycles. The van der Waals surface area contributed by atoms with Crippen molar-refractivity contribution in [2.45, 2.75) is 0 Å². The van der Waals surface area contributed by atoms with Gasteiger partial charge in [0.2, 0.25) is 0 Å². The average Bonchev–Trinajstić information content (AvgIpc) is 2.89. The van der Waals surface area contributed by atoms with Crippen LogP contribution < -0.4 is 4.90 Å². The Morgan fingerprint density at radius 1 is 0.870 bits per heavy atom. The number of carbonyl (C=O) groups excluding carboxylic acids is 1. The third-order valence-electron chi connectivity index (χ3n) is 3.88. The van der Waals surface area contributed by atoms with Gasteiger partial charge in [0, 0.05) is 11.8 Å². The van der Waals surface area contributed by atoms with Crippen LogP contribution in [0.3, 0.4) is 0 Å². The maximum Gasteiger partial charge on any atom is 0.263 e. The quantitative estimate of drug-likeness (QED) is 0.661. The first-order valence-electron chi connectivity index (χ1n) is 7.45. The van der Waals surface area contributed by atoms with Gasteiger partial charge in [-0.05, 0) is 29.8 Å². The summed E-state index contributed by atoms with van der Waals surface area (Å²) in [6, 6.07) is 21.5. The van der Waals surface area contributed by atoms with Gasteiger partial charge in [0.15, 0.2) is 0 Å². The van der Waals surface area contributed by atoms with Gasteiger partial charge in [0.05, 0.1) is 23.1 Å². The van der Waals surface area contributed by atoms with Crippen molar-refractivity contribution in [3.8, 4) is 0 Å². The van der Waals surface area contributed by atoms with Crippen LogP contribution >= 0.6 is 0 Å². The number of nitrogens with zero attached hydrogens (tertiary/aromatic N) is 2. The predicted octanol–water partition coefficient (Wildman–Crippen LogP) is 4.30. The average molecular weight is 298 g/mol. The molecule has 0 radical (unpaired) electrons. The van der Waals surface area contributed by atoms with E-state index in [0.717, 1.165) is 22.5 Å². The lowest BCUT2D eigenvalue weighted by Gasteiger charge is -2.16. The molecule has 1 aliphatic rings. The number of benzene rings is 2. The van der Waals surface area contributed by atoms with Crippen molar-refractivity contribution in [2.24, 2.45) is 0 Å². The summed E-state index contributed by atoms with van der Waals surface area (Å²) in [7, 11) is 0. The second kappa shape index (κ2) is 5.54. The fourth-order valence-corrected chi connectivity index (χ4v) is 2.84.